The van der Waals surface area contributed by atoms with Crippen LogP contribution in [0, 0.1) is 0 Å². The van der Waals surface area contributed by atoms with Crippen LogP contribution in [-0.4, -0.2) is 63.2 Å². The summed E-state index contributed by atoms with van der Waals surface area (Å²) in [5.41, 5.74) is 0. The molecule has 0 aromatic carbocycles. The zero-order valence-electron chi connectivity index (χ0n) is 9.53. The molecule has 0 heterocycles. The number of hydrogen-bond donors (Lipinski definition) is 1. The van der Waals surface area contributed by atoms with Crippen LogP contribution in [0.2, 0.25) is 0 Å². The van der Waals surface area contributed by atoms with Gasteiger partial charge in [0.15, 0.2) is 0 Å². The van der Waals surface area contributed by atoms with E-state index >= 15 is 0 Å². The number of rotatable bonds is 9. The SMILES string of the molecule is CCCOCCN(C)CC(O)COC. The van der Waals surface area contributed by atoms with Crippen molar-refractivity contribution in [2.24, 2.45) is 0 Å². The average Bonchev–Trinajstić information content (AvgIpc) is 2.13. The molecule has 14 heavy (non-hydrogen) atoms. The van der Waals surface area contributed by atoms with Gasteiger partial charge in [0.05, 0.1) is 19.3 Å². The molecule has 0 saturated heterocycles. The molecule has 1 N–H and O–H groups in total. The van der Waals surface area contributed by atoms with Gasteiger partial charge in [-0.2, -0.15) is 0 Å². The van der Waals surface area contributed by atoms with Crippen molar-refractivity contribution < 1.29 is 14.6 Å². The summed E-state index contributed by atoms with van der Waals surface area (Å²) in [6.07, 6.45) is 0.645. The third-order valence-electron chi connectivity index (χ3n) is 1.85. The Labute approximate surface area is 86.8 Å². The van der Waals surface area contributed by atoms with E-state index in [0.29, 0.717) is 13.2 Å². The Bertz CT molecular complexity index is 122. The lowest BCUT2D eigenvalue weighted by Gasteiger charge is -2.19. The highest BCUT2D eigenvalue weighted by Gasteiger charge is 2.06. The highest BCUT2D eigenvalue weighted by Crippen LogP contribution is 1.90. The van der Waals surface area contributed by atoms with Gasteiger partial charge in [0.2, 0.25) is 0 Å². The maximum atomic E-state index is 9.41. The van der Waals surface area contributed by atoms with Gasteiger partial charge in [0.25, 0.3) is 0 Å². The van der Waals surface area contributed by atoms with Crippen molar-refractivity contribution in [3.63, 3.8) is 0 Å². The van der Waals surface area contributed by atoms with Crippen molar-refractivity contribution in [2.45, 2.75) is 19.4 Å². The first-order chi connectivity index (χ1) is 6.70. The number of aliphatic hydroxyl groups is 1. The Morgan fingerprint density at radius 1 is 1.36 bits per heavy atom. The van der Waals surface area contributed by atoms with E-state index in [1.807, 2.05) is 11.9 Å². The van der Waals surface area contributed by atoms with Crippen LogP contribution in [0.15, 0.2) is 0 Å². The molecule has 0 aromatic heterocycles. The molecule has 0 radical (unpaired) electrons. The second kappa shape index (κ2) is 9.40. The summed E-state index contributed by atoms with van der Waals surface area (Å²) in [5.74, 6) is 0. The Kier molecular flexibility index (Phi) is 9.29. The van der Waals surface area contributed by atoms with Crippen molar-refractivity contribution in [1.82, 2.24) is 4.90 Å². The molecule has 4 heteroatoms. The van der Waals surface area contributed by atoms with Gasteiger partial charge in [0.1, 0.15) is 0 Å². The quantitative estimate of drug-likeness (QED) is 0.552. The van der Waals surface area contributed by atoms with Crippen LogP contribution >= 0.6 is 0 Å². The number of hydrogen-bond acceptors (Lipinski definition) is 4. The Morgan fingerprint density at radius 2 is 2.07 bits per heavy atom. The zero-order chi connectivity index (χ0) is 10.8. The number of aliphatic hydroxyl groups excluding tert-OH is 1. The van der Waals surface area contributed by atoms with E-state index in [-0.39, 0.29) is 0 Å². The standard InChI is InChI=1S/C10H23NO3/c1-4-6-14-7-5-11(2)8-10(12)9-13-3/h10,12H,4-9H2,1-3H3. The molecule has 0 bridgehead atoms. The summed E-state index contributed by atoms with van der Waals surface area (Å²) >= 11 is 0. The van der Waals surface area contributed by atoms with E-state index in [1.165, 1.54) is 0 Å². The second-order valence-corrected chi connectivity index (χ2v) is 3.48. The van der Waals surface area contributed by atoms with Crippen molar-refractivity contribution in [1.29, 1.82) is 0 Å². The minimum atomic E-state index is -0.406. The lowest BCUT2D eigenvalue weighted by Crippen LogP contribution is -2.34. The molecule has 4 nitrogen and oxygen atoms in total. The van der Waals surface area contributed by atoms with Crippen molar-refractivity contribution in [3.05, 3.63) is 0 Å². The highest BCUT2D eigenvalue weighted by molar-refractivity contribution is 4.59. The molecule has 1 unspecified atom stereocenters. The molecule has 1 atom stereocenters. The van der Waals surface area contributed by atoms with Crippen LogP contribution in [0.3, 0.4) is 0 Å². The van der Waals surface area contributed by atoms with Crippen LogP contribution in [-0.2, 0) is 9.47 Å². The van der Waals surface area contributed by atoms with Gasteiger partial charge < -0.3 is 19.5 Å². The highest BCUT2D eigenvalue weighted by atomic mass is 16.5. The van der Waals surface area contributed by atoms with Crippen LogP contribution in [0.4, 0.5) is 0 Å². The van der Waals surface area contributed by atoms with Gasteiger partial charge in [-0.3, -0.25) is 0 Å². The Hall–Kier alpha value is -0.160. The molecule has 0 saturated carbocycles. The zero-order valence-corrected chi connectivity index (χ0v) is 9.53. The summed E-state index contributed by atoms with van der Waals surface area (Å²) in [4.78, 5) is 2.04. The lowest BCUT2D eigenvalue weighted by atomic mass is 10.3. The summed E-state index contributed by atoms with van der Waals surface area (Å²) in [7, 11) is 3.56. The van der Waals surface area contributed by atoms with Gasteiger partial charge in [-0.1, -0.05) is 6.92 Å². The molecule has 0 spiro atoms. The van der Waals surface area contributed by atoms with E-state index < -0.39 is 6.10 Å². The fraction of sp³-hybridized carbons (Fsp3) is 1.00. The molecule has 0 aliphatic carbocycles. The largest absolute Gasteiger partial charge is 0.389 e. The molecular formula is C10H23NO3. The Morgan fingerprint density at radius 3 is 2.64 bits per heavy atom. The summed E-state index contributed by atoms with van der Waals surface area (Å²) in [6, 6.07) is 0. The number of ether oxygens (including phenoxy) is 2. The van der Waals surface area contributed by atoms with Crippen LogP contribution in [0.25, 0.3) is 0 Å². The smallest absolute Gasteiger partial charge is 0.0899 e. The first-order valence-electron chi connectivity index (χ1n) is 5.14. The molecular weight excluding hydrogens is 182 g/mol. The van der Waals surface area contributed by atoms with E-state index in [0.717, 1.165) is 26.2 Å². The third-order valence-corrected chi connectivity index (χ3v) is 1.85. The average molecular weight is 205 g/mol. The molecule has 0 aliphatic heterocycles. The van der Waals surface area contributed by atoms with E-state index in [2.05, 4.69) is 6.92 Å². The summed E-state index contributed by atoms with van der Waals surface area (Å²) < 4.78 is 10.2. The van der Waals surface area contributed by atoms with E-state index in [1.54, 1.807) is 7.11 Å². The van der Waals surface area contributed by atoms with Crippen molar-refractivity contribution >= 4 is 0 Å². The second-order valence-electron chi connectivity index (χ2n) is 3.48. The Balaban J connectivity index is 3.30. The molecule has 0 amide bonds. The molecule has 0 rings (SSSR count). The van der Waals surface area contributed by atoms with Gasteiger partial charge in [-0.05, 0) is 13.5 Å². The van der Waals surface area contributed by atoms with Crippen LogP contribution in [0.5, 0.6) is 0 Å². The monoisotopic (exact) mass is 205 g/mol. The predicted molar refractivity (Wildman–Crippen MR) is 56.5 cm³/mol. The van der Waals surface area contributed by atoms with Crippen molar-refractivity contribution in [2.75, 3.05) is 47.1 Å². The maximum absolute atomic E-state index is 9.41. The van der Waals surface area contributed by atoms with E-state index in [4.69, 9.17) is 9.47 Å². The van der Waals surface area contributed by atoms with Gasteiger partial charge in [-0.25, -0.2) is 0 Å². The summed E-state index contributed by atoms with van der Waals surface area (Å²) in [6.45, 7) is 5.49. The molecule has 86 valence electrons. The van der Waals surface area contributed by atoms with Crippen LogP contribution in [0.1, 0.15) is 13.3 Å². The first-order valence-corrected chi connectivity index (χ1v) is 5.14. The molecule has 0 fully saturated rings. The molecule has 0 aromatic rings. The molecule has 0 aliphatic rings. The third kappa shape index (κ3) is 8.44. The lowest BCUT2D eigenvalue weighted by molar-refractivity contribution is 0.0348. The first kappa shape index (κ1) is 13.8. The normalized spacial score (nSPS) is 13.5. The fourth-order valence-electron chi connectivity index (χ4n) is 1.16. The van der Waals surface area contributed by atoms with Gasteiger partial charge >= 0.3 is 0 Å². The van der Waals surface area contributed by atoms with Gasteiger partial charge in [0, 0.05) is 26.8 Å². The van der Waals surface area contributed by atoms with Crippen molar-refractivity contribution in [3.8, 4) is 0 Å². The predicted octanol–water partition coefficient (Wildman–Crippen LogP) is 0.352. The van der Waals surface area contributed by atoms with E-state index in [9.17, 15) is 5.11 Å². The van der Waals surface area contributed by atoms with Crippen LogP contribution < -0.4 is 0 Å². The number of methoxy groups -OCH3 is 1. The number of nitrogens with zero attached hydrogens (tertiary/aromatic N) is 1. The fourth-order valence-corrected chi connectivity index (χ4v) is 1.16. The minimum Gasteiger partial charge on any atom is -0.389 e. The minimum absolute atomic E-state index is 0.389. The van der Waals surface area contributed by atoms with Gasteiger partial charge in [-0.15, -0.1) is 0 Å². The summed E-state index contributed by atoms with van der Waals surface area (Å²) in [5, 5.41) is 9.41. The maximum Gasteiger partial charge on any atom is 0.0899 e. The number of likely N-dealkylation sites (N-methyl/N-ethyl adjacent to an activating group) is 1. The topological polar surface area (TPSA) is 41.9 Å².